The number of carbonyl (C=O) groups excluding carboxylic acids is 2. The number of methoxy groups -OCH3 is 1. The first-order chi connectivity index (χ1) is 11.2. The highest BCUT2D eigenvalue weighted by Crippen LogP contribution is 2.28. The van der Waals surface area contributed by atoms with Crippen molar-refractivity contribution in [2.75, 3.05) is 7.11 Å². The molecular weight excluding hydrogens is 296 g/mol. The lowest BCUT2D eigenvalue weighted by Crippen LogP contribution is -1.94. The lowest BCUT2D eigenvalue weighted by molar-refractivity contribution is -0.121. The predicted molar refractivity (Wildman–Crippen MR) is 86.4 cm³/mol. The van der Waals surface area contributed by atoms with Crippen LogP contribution in [0.15, 0.2) is 42.5 Å². The molecule has 0 aliphatic heterocycles. The van der Waals surface area contributed by atoms with Gasteiger partial charge in [-0.15, -0.1) is 0 Å². The van der Waals surface area contributed by atoms with E-state index in [4.69, 9.17) is 14.2 Å². The van der Waals surface area contributed by atoms with Crippen molar-refractivity contribution in [2.45, 2.75) is 6.92 Å². The van der Waals surface area contributed by atoms with Crippen molar-refractivity contribution in [3.63, 3.8) is 0 Å². The molecular formula is C18H16O5. The van der Waals surface area contributed by atoms with Gasteiger partial charge in [-0.2, -0.15) is 0 Å². The Balaban J connectivity index is 2.38. The van der Waals surface area contributed by atoms with E-state index >= 15 is 0 Å². The van der Waals surface area contributed by atoms with Crippen LogP contribution in [0.2, 0.25) is 0 Å². The monoisotopic (exact) mass is 312 g/mol. The van der Waals surface area contributed by atoms with Gasteiger partial charge < -0.3 is 14.2 Å². The van der Waals surface area contributed by atoms with Crippen molar-refractivity contribution in [2.24, 2.45) is 0 Å². The standard InChI is InChI=1S/C18H16O5/c1-13(14-3-5-16(21-2)6-4-14)9-15-10-17(22-11-19)7-8-18(15)23-12-20/h3-12H,1-2H3/b13-9+. The van der Waals surface area contributed by atoms with E-state index in [1.807, 2.05) is 37.3 Å². The van der Waals surface area contributed by atoms with E-state index in [-0.39, 0.29) is 0 Å². The van der Waals surface area contributed by atoms with Gasteiger partial charge in [0.1, 0.15) is 17.2 Å². The number of benzene rings is 2. The zero-order chi connectivity index (χ0) is 16.7. The van der Waals surface area contributed by atoms with Gasteiger partial charge in [0.15, 0.2) is 0 Å². The summed E-state index contributed by atoms with van der Waals surface area (Å²) >= 11 is 0. The summed E-state index contributed by atoms with van der Waals surface area (Å²) in [6.45, 7) is 2.63. The summed E-state index contributed by atoms with van der Waals surface area (Å²) in [5, 5.41) is 0. The van der Waals surface area contributed by atoms with Gasteiger partial charge >= 0.3 is 0 Å². The third kappa shape index (κ3) is 4.20. The maximum atomic E-state index is 10.6. The first-order valence-electron chi connectivity index (χ1n) is 6.85. The molecule has 23 heavy (non-hydrogen) atoms. The molecule has 0 heterocycles. The lowest BCUT2D eigenvalue weighted by Gasteiger charge is -2.08. The first-order valence-corrected chi connectivity index (χ1v) is 6.85. The van der Waals surface area contributed by atoms with Crippen molar-refractivity contribution in [3.05, 3.63) is 53.6 Å². The van der Waals surface area contributed by atoms with Crippen molar-refractivity contribution >= 4 is 24.6 Å². The third-order valence-electron chi connectivity index (χ3n) is 3.26. The van der Waals surface area contributed by atoms with E-state index in [1.54, 1.807) is 25.3 Å². The molecule has 5 heteroatoms. The van der Waals surface area contributed by atoms with E-state index in [9.17, 15) is 9.59 Å². The normalized spacial score (nSPS) is 10.8. The van der Waals surface area contributed by atoms with Crippen LogP contribution in [0.1, 0.15) is 18.1 Å². The van der Waals surface area contributed by atoms with Crippen LogP contribution in [0.5, 0.6) is 17.2 Å². The molecule has 0 N–H and O–H groups in total. The summed E-state index contributed by atoms with van der Waals surface area (Å²) in [5.74, 6) is 1.52. The molecule has 0 radical (unpaired) electrons. The maximum absolute atomic E-state index is 10.6. The zero-order valence-corrected chi connectivity index (χ0v) is 12.8. The molecule has 0 saturated carbocycles. The van der Waals surface area contributed by atoms with Crippen LogP contribution in [0.3, 0.4) is 0 Å². The molecule has 0 aliphatic carbocycles. The number of ether oxygens (including phenoxy) is 3. The number of carbonyl (C=O) groups is 2. The topological polar surface area (TPSA) is 61.8 Å². The van der Waals surface area contributed by atoms with Crippen LogP contribution in [0, 0.1) is 0 Å². The molecule has 5 nitrogen and oxygen atoms in total. The van der Waals surface area contributed by atoms with Crippen LogP contribution in [0.4, 0.5) is 0 Å². The fourth-order valence-electron chi connectivity index (χ4n) is 2.10. The SMILES string of the molecule is COc1ccc(/C(C)=C/c2cc(OC=O)ccc2OC=O)cc1. The molecule has 2 rings (SSSR count). The average Bonchev–Trinajstić information content (AvgIpc) is 2.57. The van der Waals surface area contributed by atoms with Crippen LogP contribution >= 0.6 is 0 Å². The van der Waals surface area contributed by atoms with Crippen molar-refractivity contribution in [1.29, 1.82) is 0 Å². The van der Waals surface area contributed by atoms with Crippen LogP contribution < -0.4 is 14.2 Å². The molecule has 0 atom stereocenters. The minimum atomic E-state index is 0.347. The average molecular weight is 312 g/mol. The van der Waals surface area contributed by atoms with E-state index in [0.29, 0.717) is 30.0 Å². The van der Waals surface area contributed by atoms with E-state index in [2.05, 4.69) is 0 Å². The lowest BCUT2D eigenvalue weighted by atomic mass is 10.0. The molecule has 118 valence electrons. The molecule has 0 spiro atoms. The second-order valence-electron chi connectivity index (χ2n) is 4.68. The Morgan fingerprint density at radius 3 is 2.17 bits per heavy atom. The molecule has 0 aromatic heterocycles. The van der Waals surface area contributed by atoms with Crippen LogP contribution in [-0.4, -0.2) is 20.1 Å². The summed E-state index contributed by atoms with van der Waals surface area (Å²) in [7, 11) is 1.61. The molecule has 0 aliphatic rings. The second kappa shape index (κ2) is 7.79. The van der Waals surface area contributed by atoms with E-state index in [0.717, 1.165) is 16.9 Å². The van der Waals surface area contributed by atoms with Gasteiger partial charge in [-0.05, 0) is 54.5 Å². The van der Waals surface area contributed by atoms with Crippen molar-refractivity contribution in [1.82, 2.24) is 0 Å². The van der Waals surface area contributed by atoms with Crippen LogP contribution in [0.25, 0.3) is 11.6 Å². The van der Waals surface area contributed by atoms with E-state index < -0.39 is 0 Å². The maximum Gasteiger partial charge on any atom is 0.298 e. The predicted octanol–water partition coefficient (Wildman–Crippen LogP) is 3.33. The Bertz CT molecular complexity index is 717. The highest BCUT2D eigenvalue weighted by molar-refractivity contribution is 5.83. The highest BCUT2D eigenvalue weighted by Gasteiger charge is 2.06. The summed E-state index contributed by atoms with van der Waals surface area (Å²) < 4.78 is 14.9. The molecule has 2 aromatic rings. The van der Waals surface area contributed by atoms with Gasteiger partial charge in [0.25, 0.3) is 12.9 Å². The Kier molecular flexibility index (Phi) is 5.52. The Morgan fingerprint density at radius 1 is 0.913 bits per heavy atom. The molecule has 0 unspecified atom stereocenters. The summed E-state index contributed by atoms with van der Waals surface area (Å²) in [5.41, 5.74) is 2.57. The zero-order valence-electron chi connectivity index (χ0n) is 12.8. The molecule has 0 fully saturated rings. The molecule has 0 saturated heterocycles. The largest absolute Gasteiger partial charge is 0.497 e. The highest BCUT2D eigenvalue weighted by atomic mass is 16.5. The van der Waals surface area contributed by atoms with Crippen molar-refractivity contribution in [3.8, 4) is 17.2 Å². The minimum Gasteiger partial charge on any atom is -0.497 e. The minimum absolute atomic E-state index is 0.347. The fraction of sp³-hybridized carbons (Fsp3) is 0.111. The van der Waals surface area contributed by atoms with Crippen LogP contribution in [-0.2, 0) is 9.59 Å². The molecule has 2 aromatic carbocycles. The summed E-state index contributed by atoms with van der Waals surface area (Å²) in [6.07, 6.45) is 1.85. The number of hydrogen-bond acceptors (Lipinski definition) is 5. The van der Waals surface area contributed by atoms with Gasteiger partial charge in [0, 0.05) is 5.56 Å². The van der Waals surface area contributed by atoms with Gasteiger partial charge in [-0.1, -0.05) is 12.1 Å². The van der Waals surface area contributed by atoms with Gasteiger partial charge in [-0.25, -0.2) is 0 Å². The fourth-order valence-corrected chi connectivity index (χ4v) is 2.10. The Hall–Kier alpha value is -3.08. The van der Waals surface area contributed by atoms with E-state index in [1.165, 1.54) is 0 Å². The molecule has 0 amide bonds. The van der Waals surface area contributed by atoms with Gasteiger partial charge in [0.2, 0.25) is 0 Å². The first kappa shape index (κ1) is 16.3. The molecule has 0 bridgehead atoms. The van der Waals surface area contributed by atoms with Crippen molar-refractivity contribution < 1.29 is 23.8 Å². The van der Waals surface area contributed by atoms with Gasteiger partial charge in [-0.3, -0.25) is 9.59 Å². The number of rotatable bonds is 7. The summed E-state index contributed by atoms with van der Waals surface area (Å²) in [4.78, 5) is 21.1. The Morgan fingerprint density at radius 2 is 1.57 bits per heavy atom. The number of allylic oxidation sites excluding steroid dienone is 1. The third-order valence-corrected chi connectivity index (χ3v) is 3.26. The van der Waals surface area contributed by atoms with Gasteiger partial charge in [0.05, 0.1) is 7.11 Å². The number of hydrogen-bond donors (Lipinski definition) is 0. The quantitative estimate of drug-likeness (QED) is 0.580. The second-order valence-corrected chi connectivity index (χ2v) is 4.68. The summed E-state index contributed by atoms with van der Waals surface area (Å²) in [6, 6.07) is 12.3. The smallest absolute Gasteiger partial charge is 0.298 e. The Labute approximate surface area is 134 Å².